The van der Waals surface area contributed by atoms with E-state index in [0.29, 0.717) is 0 Å². The lowest BCUT2D eigenvalue weighted by molar-refractivity contribution is 0.563. The van der Waals surface area contributed by atoms with Crippen molar-refractivity contribution in [2.75, 3.05) is 26.1 Å². The van der Waals surface area contributed by atoms with Crippen LogP contribution >= 0.6 is 11.8 Å². The minimum absolute atomic E-state index is 1.11. The summed E-state index contributed by atoms with van der Waals surface area (Å²) >= 11 is 1.83. The Morgan fingerprint density at radius 1 is 1.50 bits per heavy atom. The van der Waals surface area contributed by atoms with Crippen LogP contribution in [-0.2, 0) is 0 Å². The van der Waals surface area contributed by atoms with Crippen molar-refractivity contribution in [3.8, 4) is 0 Å². The largest absolute Gasteiger partial charge is 0.384 e. The zero-order valence-corrected chi connectivity index (χ0v) is 6.53. The maximum Gasteiger partial charge on any atom is 0.0127 e. The number of nitrogens with zero attached hydrogens (tertiary/aromatic N) is 1. The SMILES string of the molecule is CSCC=CN(C)C. The lowest BCUT2D eigenvalue weighted by atomic mass is 10.7. The topological polar surface area (TPSA) is 3.24 Å². The average molecular weight is 131 g/mol. The molecule has 0 saturated carbocycles. The molecule has 0 amide bonds. The van der Waals surface area contributed by atoms with E-state index in [1.807, 2.05) is 30.8 Å². The Hall–Kier alpha value is -0.110. The zero-order chi connectivity index (χ0) is 6.41. The van der Waals surface area contributed by atoms with Gasteiger partial charge in [-0.3, -0.25) is 0 Å². The molecular weight excluding hydrogens is 118 g/mol. The van der Waals surface area contributed by atoms with Crippen molar-refractivity contribution >= 4 is 11.8 Å². The second-order valence-electron chi connectivity index (χ2n) is 1.80. The Bertz CT molecular complexity index is 68.9. The summed E-state index contributed by atoms with van der Waals surface area (Å²) < 4.78 is 0. The lowest BCUT2D eigenvalue weighted by Crippen LogP contribution is -1.99. The van der Waals surface area contributed by atoms with Crippen LogP contribution < -0.4 is 0 Å². The molecule has 0 aromatic rings. The first-order valence-electron chi connectivity index (χ1n) is 2.59. The van der Waals surface area contributed by atoms with Crippen LogP contribution in [0.3, 0.4) is 0 Å². The van der Waals surface area contributed by atoms with Crippen LogP contribution in [0.25, 0.3) is 0 Å². The van der Waals surface area contributed by atoms with Crippen LogP contribution in [-0.4, -0.2) is 31.0 Å². The fraction of sp³-hybridized carbons (Fsp3) is 0.667. The van der Waals surface area contributed by atoms with E-state index in [9.17, 15) is 0 Å². The predicted octanol–water partition coefficient (Wildman–Crippen LogP) is 1.42. The molecule has 8 heavy (non-hydrogen) atoms. The van der Waals surface area contributed by atoms with Crippen molar-refractivity contribution < 1.29 is 0 Å². The van der Waals surface area contributed by atoms with Gasteiger partial charge in [0.25, 0.3) is 0 Å². The molecular formula is C6H13NS. The maximum atomic E-state index is 2.14. The first-order chi connectivity index (χ1) is 3.77. The third kappa shape index (κ3) is 5.89. The molecule has 0 atom stereocenters. The minimum atomic E-state index is 1.11. The van der Waals surface area contributed by atoms with Gasteiger partial charge in [0.1, 0.15) is 0 Å². The molecule has 1 nitrogen and oxygen atoms in total. The molecule has 0 radical (unpaired) electrons. The third-order valence-electron chi connectivity index (χ3n) is 0.666. The summed E-state index contributed by atoms with van der Waals surface area (Å²) in [6.45, 7) is 0. The molecule has 0 aliphatic rings. The summed E-state index contributed by atoms with van der Waals surface area (Å²) in [6.07, 6.45) is 6.31. The summed E-state index contributed by atoms with van der Waals surface area (Å²) in [5.41, 5.74) is 0. The van der Waals surface area contributed by atoms with Crippen LogP contribution in [0.4, 0.5) is 0 Å². The fourth-order valence-electron chi connectivity index (χ4n) is 0.350. The van der Waals surface area contributed by atoms with Crippen molar-refractivity contribution in [2.24, 2.45) is 0 Å². The predicted molar refractivity (Wildman–Crippen MR) is 41.2 cm³/mol. The molecule has 0 unspecified atom stereocenters. The third-order valence-corrected chi connectivity index (χ3v) is 1.19. The number of hydrogen-bond acceptors (Lipinski definition) is 2. The van der Waals surface area contributed by atoms with E-state index >= 15 is 0 Å². The van der Waals surface area contributed by atoms with Gasteiger partial charge in [-0.05, 0) is 12.5 Å². The number of rotatable bonds is 3. The summed E-state index contributed by atoms with van der Waals surface area (Å²) in [5, 5.41) is 0. The number of thioether (sulfide) groups is 1. The van der Waals surface area contributed by atoms with Gasteiger partial charge in [-0.25, -0.2) is 0 Å². The highest BCUT2D eigenvalue weighted by atomic mass is 32.2. The molecule has 0 heterocycles. The monoisotopic (exact) mass is 131 g/mol. The van der Waals surface area contributed by atoms with Gasteiger partial charge in [0.15, 0.2) is 0 Å². The van der Waals surface area contributed by atoms with E-state index in [4.69, 9.17) is 0 Å². The second kappa shape index (κ2) is 5.04. The summed E-state index contributed by atoms with van der Waals surface area (Å²) in [7, 11) is 4.05. The Morgan fingerprint density at radius 3 is 2.50 bits per heavy atom. The van der Waals surface area contributed by atoms with Crippen LogP contribution in [0.15, 0.2) is 12.3 Å². The van der Waals surface area contributed by atoms with Gasteiger partial charge in [0.2, 0.25) is 0 Å². The smallest absolute Gasteiger partial charge is 0.0127 e. The molecule has 48 valence electrons. The van der Waals surface area contributed by atoms with Gasteiger partial charge in [-0.1, -0.05) is 6.08 Å². The van der Waals surface area contributed by atoms with Gasteiger partial charge < -0.3 is 4.90 Å². The van der Waals surface area contributed by atoms with Crippen LogP contribution in [0.1, 0.15) is 0 Å². The van der Waals surface area contributed by atoms with Gasteiger partial charge in [-0.15, -0.1) is 0 Å². The van der Waals surface area contributed by atoms with Crippen molar-refractivity contribution in [3.05, 3.63) is 12.3 Å². The second-order valence-corrected chi connectivity index (χ2v) is 2.71. The maximum absolute atomic E-state index is 2.14. The van der Waals surface area contributed by atoms with E-state index in [0.717, 1.165) is 5.75 Å². The fourth-order valence-corrected chi connectivity index (χ4v) is 0.629. The molecule has 0 aliphatic heterocycles. The molecule has 0 aliphatic carbocycles. The minimum Gasteiger partial charge on any atom is -0.384 e. The zero-order valence-electron chi connectivity index (χ0n) is 5.72. The first kappa shape index (κ1) is 7.89. The molecule has 0 fully saturated rings. The molecule has 2 heteroatoms. The van der Waals surface area contributed by atoms with Crippen LogP contribution in [0.5, 0.6) is 0 Å². The van der Waals surface area contributed by atoms with E-state index < -0.39 is 0 Å². The summed E-state index contributed by atoms with van der Waals surface area (Å²) in [6, 6.07) is 0. The molecule has 0 N–H and O–H groups in total. The molecule has 0 saturated heterocycles. The van der Waals surface area contributed by atoms with Crippen molar-refractivity contribution in [2.45, 2.75) is 0 Å². The van der Waals surface area contributed by atoms with Crippen molar-refractivity contribution in [1.29, 1.82) is 0 Å². The molecule has 0 rings (SSSR count). The Kier molecular flexibility index (Phi) is 4.97. The molecule has 0 aromatic carbocycles. The van der Waals surface area contributed by atoms with Crippen LogP contribution in [0.2, 0.25) is 0 Å². The van der Waals surface area contributed by atoms with E-state index in [2.05, 4.69) is 18.5 Å². The highest BCUT2D eigenvalue weighted by Crippen LogP contribution is 1.90. The molecule has 0 bridgehead atoms. The normalized spacial score (nSPS) is 10.4. The van der Waals surface area contributed by atoms with Gasteiger partial charge >= 0.3 is 0 Å². The Morgan fingerprint density at radius 2 is 2.12 bits per heavy atom. The summed E-state index contributed by atoms with van der Waals surface area (Å²) in [4.78, 5) is 2.04. The Labute approximate surface area is 55.8 Å². The number of hydrogen-bond donors (Lipinski definition) is 0. The molecule has 0 spiro atoms. The van der Waals surface area contributed by atoms with Crippen LogP contribution in [0, 0.1) is 0 Å². The van der Waals surface area contributed by atoms with Gasteiger partial charge in [0, 0.05) is 19.8 Å². The average Bonchev–Trinajstić information content (AvgIpc) is 1.66. The lowest BCUT2D eigenvalue weighted by Gasteiger charge is -2.01. The highest BCUT2D eigenvalue weighted by molar-refractivity contribution is 7.98. The Balaban J connectivity index is 3.07. The van der Waals surface area contributed by atoms with Crippen molar-refractivity contribution in [3.63, 3.8) is 0 Å². The van der Waals surface area contributed by atoms with E-state index in [-0.39, 0.29) is 0 Å². The summed E-state index contributed by atoms with van der Waals surface area (Å²) in [5.74, 6) is 1.11. The quantitative estimate of drug-likeness (QED) is 0.570. The highest BCUT2D eigenvalue weighted by Gasteiger charge is 1.73. The molecule has 0 aromatic heterocycles. The first-order valence-corrected chi connectivity index (χ1v) is 3.98. The van der Waals surface area contributed by atoms with Crippen molar-refractivity contribution in [1.82, 2.24) is 4.90 Å². The van der Waals surface area contributed by atoms with Gasteiger partial charge in [0.05, 0.1) is 0 Å². The van der Waals surface area contributed by atoms with E-state index in [1.165, 1.54) is 0 Å². The standard InChI is InChI=1S/C6H13NS/c1-7(2)5-4-6-8-3/h4-5H,6H2,1-3H3. The van der Waals surface area contributed by atoms with Gasteiger partial charge in [-0.2, -0.15) is 11.8 Å². The van der Waals surface area contributed by atoms with E-state index in [1.54, 1.807) is 0 Å².